The molecule has 0 aromatic heterocycles. The second kappa shape index (κ2) is 13.8. The number of unbranched alkanes of at least 4 members (excludes halogenated alkanes) is 5. The van der Waals surface area contributed by atoms with Crippen molar-refractivity contribution in [2.75, 3.05) is 0 Å². The Hall–Kier alpha value is -1.31. The van der Waals surface area contributed by atoms with E-state index in [1.165, 1.54) is 25.3 Å². The Labute approximate surface area is 111 Å². The molecule has 0 radical (unpaired) electrons. The number of hydrogen-bond acceptors (Lipinski definition) is 1. The van der Waals surface area contributed by atoms with Gasteiger partial charge in [0.05, 0.1) is 0 Å². The summed E-state index contributed by atoms with van der Waals surface area (Å²) in [5.74, 6) is -0.850. The first-order valence-corrected chi connectivity index (χ1v) is 6.96. The van der Waals surface area contributed by atoms with Gasteiger partial charge in [-0.2, -0.15) is 0 Å². The van der Waals surface area contributed by atoms with Crippen LogP contribution < -0.4 is 0 Å². The average molecular weight is 250 g/mol. The molecule has 0 aliphatic carbocycles. The zero-order chi connectivity index (χ0) is 13.5. The molecule has 0 unspecified atom stereocenters. The third-order valence-corrected chi connectivity index (χ3v) is 2.59. The van der Waals surface area contributed by atoms with Gasteiger partial charge in [0.15, 0.2) is 0 Å². The number of carboxylic acids is 1. The summed E-state index contributed by atoms with van der Waals surface area (Å²) in [6.45, 7) is 2.14. The van der Waals surface area contributed by atoms with Crippen molar-refractivity contribution in [1.82, 2.24) is 0 Å². The van der Waals surface area contributed by atoms with Crippen LogP contribution in [0.1, 0.15) is 58.3 Å². The van der Waals surface area contributed by atoms with Crippen molar-refractivity contribution in [3.63, 3.8) is 0 Å². The van der Waals surface area contributed by atoms with Gasteiger partial charge in [0.2, 0.25) is 0 Å². The molecule has 2 heteroatoms. The summed E-state index contributed by atoms with van der Waals surface area (Å²) in [6, 6.07) is 0. The number of allylic oxidation sites excluding steroid dienone is 5. The van der Waals surface area contributed by atoms with Crippen molar-refractivity contribution in [3.8, 4) is 0 Å². The third kappa shape index (κ3) is 14.7. The molecule has 102 valence electrons. The van der Waals surface area contributed by atoms with Crippen molar-refractivity contribution in [2.45, 2.75) is 58.3 Å². The van der Waals surface area contributed by atoms with Crippen molar-refractivity contribution < 1.29 is 9.90 Å². The second-order valence-electron chi connectivity index (χ2n) is 4.32. The fourth-order valence-electron chi connectivity index (χ4n) is 1.62. The van der Waals surface area contributed by atoms with E-state index in [0.29, 0.717) is 0 Å². The van der Waals surface area contributed by atoms with Gasteiger partial charge in [-0.25, -0.2) is 4.79 Å². The standard InChI is InChI=1S/C16H26O2/c1-2-3-4-5-6-7-8-9-10-11-12-13-14-15-16(17)18/h3-4,6-7,14-15H,2,5,8-13H2,1H3,(H,17,18). The van der Waals surface area contributed by atoms with E-state index < -0.39 is 5.97 Å². The minimum Gasteiger partial charge on any atom is -0.478 e. The minimum atomic E-state index is -0.850. The van der Waals surface area contributed by atoms with Gasteiger partial charge in [-0.3, -0.25) is 0 Å². The number of rotatable bonds is 11. The van der Waals surface area contributed by atoms with Gasteiger partial charge in [-0.05, 0) is 38.5 Å². The van der Waals surface area contributed by atoms with E-state index in [1.807, 2.05) is 0 Å². The van der Waals surface area contributed by atoms with Crippen LogP contribution in [0, 0.1) is 0 Å². The summed E-state index contributed by atoms with van der Waals surface area (Å²) in [4.78, 5) is 10.2. The van der Waals surface area contributed by atoms with Crippen LogP contribution in [0.3, 0.4) is 0 Å². The summed E-state index contributed by atoms with van der Waals surface area (Å²) in [7, 11) is 0. The lowest BCUT2D eigenvalue weighted by Crippen LogP contribution is -1.85. The van der Waals surface area contributed by atoms with Crippen LogP contribution in [-0.2, 0) is 4.79 Å². The zero-order valence-electron chi connectivity index (χ0n) is 11.5. The molecule has 0 saturated carbocycles. The Balaban J connectivity index is 3.21. The molecular formula is C16H26O2. The van der Waals surface area contributed by atoms with Gasteiger partial charge in [0.1, 0.15) is 0 Å². The highest BCUT2D eigenvalue weighted by atomic mass is 16.4. The summed E-state index contributed by atoms with van der Waals surface area (Å²) >= 11 is 0. The first-order chi connectivity index (χ1) is 8.77. The summed E-state index contributed by atoms with van der Waals surface area (Å²) in [5, 5.41) is 8.39. The number of carbonyl (C=O) groups is 1. The van der Waals surface area contributed by atoms with Crippen molar-refractivity contribution in [1.29, 1.82) is 0 Å². The molecule has 0 aromatic carbocycles. The predicted molar refractivity (Wildman–Crippen MR) is 77.7 cm³/mol. The first kappa shape index (κ1) is 16.7. The van der Waals surface area contributed by atoms with Crippen molar-refractivity contribution in [2.24, 2.45) is 0 Å². The topological polar surface area (TPSA) is 37.3 Å². The smallest absolute Gasteiger partial charge is 0.327 e. The summed E-state index contributed by atoms with van der Waals surface area (Å²) < 4.78 is 0. The highest BCUT2D eigenvalue weighted by molar-refractivity contribution is 5.79. The van der Waals surface area contributed by atoms with Gasteiger partial charge >= 0.3 is 5.97 Å². The van der Waals surface area contributed by atoms with E-state index in [1.54, 1.807) is 6.08 Å². The molecule has 0 bridgehead atoms. The Morgan fingerprint density at radius 3 is 2.11 bits per heavy atom. The fourth-order valence-corrected chi connectivity index (χ4v) is 1.62. The molecule has 0 aliphatic heterocycles. The summed E-state index contributed by atoms with van der Waals surface area (Å²) in [5.41, 5.74) is 0. The van der Waals surface area contributed by atoms with Crippen LogP contribution in [-0.4, -0.2) is 11.1 Å². The number of aliphatic carboxylic acids is 1. The van der Waals surface area contributed by atoms with Gasteiger partial charge < -0.3 is 5.11 Å². The lowest BCUT2D eigenvalue weighted by molar-refractivity contribution is -0.131. The lowest BCUT2D eigenvalue weighted by Gasteiger charge is -1.96. The molecule has 0 heterocycles. The van der Waals surface area contributed by atoms with Gasteiger partial charge in [-0.15, -0.1) is 0 Å². The van der Waals surface area contributed by atoms with Gasteiger partial charge in [0, 0.05) is 6.08 Å². The van der Waals surface area contributed by atoms with Crippen LogP contribution >= 0.6 is 0 Å². The maximum absolute atomic E-state index is 10.2. The maximum Gasteiger partial charge on any atom is 0.327 e. The highest BCUT2D eigenvalue weighted by Crippen LogP contribution is 2.06. The largest absolute Gasteiger partial charge is 0.478 e. The van der Waals surface area contributed by atoms with Crippen molar-refractivity contribution in [3.05, 3.63) is 36.5 Å². The fraction of sp³-hybridized carbons (Fsp3) is 0.562. The van der Waals surface area contributed by atoms with Crippen LogP contribution in [0.2, 0.25) is 0 Å². The van der Waals surface area contributed by atoms with E-state index in [0.717, 1.165) is 32.1 Å². The Bertz CT molecular complexity index is 275. The molecule has 0 aliphatic rings. The number of carboxylic acid groups (broad SMARTS) is 1. The van der Waals surface area contributed by atoms with Gasteiger partial charge in [0.25, 0.3) is 0 Å². The van der Waals surface area contributed by atoms with Crippen molar-refractivity contribution >= 4 is 5.97 Å². The van der Waals surface area contributed by atoms with Crippen LogP contribution in [0.5, 0.6) is 0 Å². The lowest BCUT2D eigenvalue weighted by atomic mass is 10.1. The third-order valence-electron chi connectivity index (χ3n) is 2.59. The molecule has 1 N–H and O–H groups in total. The highest BCUT2D eigenvalue weighted by Gasteiger charge is 1.88. The Morgan fingerprint density at radius 1 is 0.889 bits per heavy atom. The monoisotopic (exact) mass is 250 g/mol. The zero-order valence-corrected chi connectivity index (χ0v) is 11.5. The Kier molecular flexibility index (Phi) is 12.8. The van der Waals surface area contributed by atoms with E-state index >= 15 is 0 Å². The quantitative estimate of drug-likeness (QED) is 0.322. The molecule has 2 nitrogen and oxygen atoms in total. The van der Waals surface area contributed by atoms with E-state index in [9.17, 15) is 4.79 Å². The van der Waals surface area contributed by atoms with E-state index in [-0.39, 0.29) is 0 Å². The first-order valence-electron chi connectivity index (χ1n) is 6.96. The average Bonchev–Trinajstić information content (AvgIpc) is 2.34. The Morgan fingerprint density at radius 2 is 1.50 bits per heavy atom. The van der Waals surface area contributed by atoms with Crippen LogP contribution in [0.4, 0.5) is 0 Å². The number of hydrogen-bond donors (Lipinski definition) is 1. The van der Waals surface area contributed by atoms with Crippen LogP contribution in [0.15, 0.2) is 36.5 Å². The van der Waals surface area contributed by atoms with Gasteiger partial charge in [-0.1, -0.05) is 50.1 Å². The van der Waals surface area contributed by atoms with Crippen LogP contribution in [0.25, 0.3) is 0 Å². The molecule has 0 amide bonds. The molecule has 18 heavy (non-hydrogen) atoms. The second-order valence-corrected chi connectivity index (χ2v) is 4.32. The van der Waals surface area contributed by atoms with E-state index in [4.69, 9.17) is 5.11 Å². The molecule has 0 spiro atoms. The maximum atomic E-state index is 10.2. The SMILES string of the molecule is CCC=CCC=CCCCCCCC=CC(=O)O. The van der Waals surface area contributed by atoms with E-state index in [2.05, 4.69) is 31.2 Å². The predicted octanol–water partition coefficient (Wildman–Crippen LogP) is 4.88. The molecule has 0 fully saturated rings. The molecular weight excluding hydrogens is 224 g/mol. The molecule has 0 rings (SSSR count). The molecule has 0 saturated heterocycles. The molecule has 0 aromatic rings. The molecule has 0 atom stereocenters. The summed E-state index contributed by atoms with van der Waals surface area (Å²) in [6.07, 6.45) is 20.8. The normalized spacial score (nSPS) is 12.1. The minimum absolute atomic E-state index is 0.850.